The zero-order valence-corrected chi connectivity index (χ0v) is 12.8. The SMILES string of the molecule is Cn1ncc(C(=O)O)c1COc1ccccc1C(C)(C)C. The third-order valence-corrected chi connectivity index (χ3v) is 3.35. The van der Waals surface area contributed by atoms with E-state index in [9.17, 15) is 4.79 Å². The summed E-state index contributed by atoms with van der Waals surface area (Å²) in [5.41, 5.74) is 1.76. The van der Waals surface area contributed by atoms with Gasteiger partial charge >= 0.3 is 5.97 Å². The van der Waals surface area contributed by atoms with E-state index in [1.807, 2.05) is 24.3 Å². The van der Waals surface area contributed by atoms with E-state index in [4.69, 9.17) is 9.84 Å². The molecule has 0 aliphatic carbocycles. The predicted octanol–water partition coefficient (Wildman–Crippen LogP) is 2.99. The van der Waals surface area contributed by atoms with Crippen LogP contribution in [0.1, 0.15) is 42.4 Å². The molecule has 2 aromatic rings. The highest BCUT2D eigenvalue weighted by molar-refractivity contribution is 5.88. The van der Waals surface area contributed by atoms with E-state index in [-0.39, 0.29) is 17.6 Å². The van der Waals surface area contributed by atoms with Crippen LogP contribution in [0, 0.1) is 0 Å². The Morgan fingerprint density at radius 2 is 2.00 bits per heavy atom. The zero-order valence-electron chi connectivity index (χ0n) is 12.8. The second kappa shape index (κ2) is 5.60. The molecule has 0 saturated carbocycles. The average molecular weight is 288 g/mol. The van der Waals surface area contributed by atoms with Crippen LogP contribution in [0.4, 0.5) is 0 Å². The van der Waals surface area contributed by atoms with E-state index in [1.165, 1.54) is 10.9 Å². The van der Waals surface area contributed by atoms with Gasteiger partial charge in [-0.2, -0.15) is 5.10 Å². The molecule has 1 heterocycles. The third-order valence-electron chi connectivity index (χ3n) is 3.35. The molecule has 0 radical (unpaired) electrons. The van der Waals surface area contributed by atoms with Crippen molar-refractivity contribution in [1.29, 1.82) is 0 Å². The zero-order chi connectivity index (χ0) is 15.6. The Bertz CT molecular complexity index is 654. The highest BCUT2D eigenvalue weighted by Gasteiger charge is 2.20. The summed E-state index contributed by atoms with van der Waals surface area (Å²) in [6.07, 6.45) is 1.34. The lowest BCUT2D eigenvalue weighted by Crippen LogP contribution is -2.14. The van der Waals surface area contributed by atoms with Gasteiger partial charge in [0.2, 0.25) is 0 Å². The first-order chi connectivity index (χ1) is 9.80. The molecule has 0 atom stereocenters. The molecule has 0 saturated heterocycles. The van der Waals surface area contributed by atoms with Gasteiger partial charge in [-0.3, -0.25) is 4.68 Å². The van der Waals surface area contributed by atoms with Crippen LogP contribution >= 0.6 is 0 Å². The first-order valence-electron chi connectivity index (χ1n) is 6.77. The summed E-state index contributed by atoms with van der Waals surface area (Å²) in [5, 5.41) is 13.1. The number of carbonyl (C=O) groups is 1. The number of carboxylic acids is 1. The maximum absolute atomic E-state index is 11.2. The van der Waals surface area contributed by atoms with Gasteiger partial charge in [-0.25, -0.2) is 4.79 Å². The van der Waals surface area contributed by atoms with E-state index in [0.717, 1.165) is 11.3 Å². The minimum atomic E-state index is -0.995. The number of hydrogen-bond acceptors (Lipinski definition) is 3. The summed E-state index contributed by atoms with van der Waals surface area (Å²) >= 11 is 0. The van der Waals surface area contributed by atoms with Crippen LogP contribution in [0.2, 0.25) is 0 Å². The highest BCUT2D eigenvalue weighted by atomic mass is 16.5. The van der Waals surface area contributed by atoms with Crippen molar-refractivity contribution < 1.29 is 14.6 Å². The van der Waals surface area contributed by atoms with Crippen molar-refractivity contribution in [2.75, 3.05) is 0 Å². The molecule has 1 N–H and O–H groups in total. The fraction of sp³-hybridized carbons (Fsp3) is 0.375. The molecule has 1 aromatic heterocycles. The van der Waals surface area contributed by atoms with E-state index in [0.29, 0.717) is 5.69 Å². The number of para-hydroxylation sites is 1. The average Bonchev–Trinajstić information content (AvgIpc) is 2.77. The molecule has 0 amide bonds. The number of benzene rings is 1. The summed E-state index contributed by atoms with van der Waals surface area (Å²) in [6, 6.07) is 7.81. The van der Waals surface area contributed by atoms with Gasteiger partial charge in [0.15, 0.2) is 0 Å². The topological polar surface area (TPSA) is 64.4 Å². The van der Waals surface area contributed by atoms with Crippen molar-refractivity contribution in [3.63, 3.8) is 0 Å². The molecule has 0 aliphatic heterocycles. The van der Waals surface area contributed by atoms with Gasteiger partial charge in [-0.15, -0.1) is 0 Å². The molecule has 0 unspecified atom stereocenters. The number of nitrogens with zero attached hydrogens (tertiary/aromatic N) is 2. The maximum Gasteiger partial charge on any atom is 0.339 e. The molecule has 0 aliphatic rings. The van der Waals surface area contributed by atoms with Crippen molar-refractivity contribution in [3.05, 3.63) is 47.3 Å². The van der Waals surface area contributed by atoms with Crippen molar-refractivity contribution in [2.24, 2.45) is 7.05 Å². The molecular formula is C16H20N2O3. The van der Waals surface area contributed by atoms with Gasteiger partial charge in [-0.1, -0.05) is 39.0 Å². The quantitative estimate of drug-likeness (QED) is 0.939. The number of aromatic nitrogens is 2. The second-order valence-electron chi connectivity index (χ2n) is 5.97. The van der Waals surface area contributed by atoms with Crippen LogP contribution in [-0.2, 0) is 19.1 Å². The molecule has 1 aromatic carbocycles. The number of carboxylic acid groups (broad SMARTS) is 1. The summed E-state index contributed by atoms with van der Waals surface area (Å²) < 4.78 is 7.39. The molecule has 112 valence electrons. The van der Waals surface area contributed by atoms with Crippen LogP contribution in [0.15, 0.2) is 30.5 Å². The Kier molecular flexibility index (Phi) is 4.02. The fourth-order valence-corrected chi connectivity index (χ4v) is 2.17. The fourth-order valence-electron chi connectivity index (χ4n) is 2.17. The van der Waals surface area contributed by atoms with Crippen LogP contribution in [-0.4, -0.2) is 20.9 Å². The smallest absolute Gasteiger partial charge is 0.339 e. The van der Waals surface area contributed by atoms with Crippen LogP contribution < -0.4 is 4.74 Å². The van der Waals surface area contributed by atoms with Crippen molar-refractivity contribution >= 4 is 5.97 Å². The summed E-state index contributed by atoms with van der Waals surface area (Å²) in [5.74, 6) is -0.228. The van der Waals surface area contributed by atoms with Gasteiger partial charge in [-0.05, 0) is 17.0 Å². The van der Waals surface area contributed by atoms with Crippen LogP contribution in [0.5, 0.6) is 5.75 Å². The lowest BCUT2D eigenvalue weighted by Gasteiger charge is -2.22. The van der Waals surface area contributed by atoms with Crippen LogP contribution in [0.25, 0.3) is 0 Å². The molecule has 21 heavy (non-hydrogen) atoms. The Balaban J connectivity index is 2.26. The summed E-state index contributed by atoms with van der Waals surface area (Å²) in [7, 11) is 1.71. The van der Waals surface area contributed by atoms with Gasteiger partial charge in [0, 0.05) is 7.05 Å². The van der Waals surface area contributed by atoms with Crippen molar-refractivity contribution in [1.82, 2.24) is 9.78 Å². The Labute approximate surface area is 124 Å². The molecule has 2 rings (SSSR count). The first-order valence-corrected chi connectivity index (χ1v) is 6.77. The molecular weight excluding hydrogens is 268 g/mol. The van der Waals surface area contributed by atoms with Gasteiger partial charge in [0.1, 0.15) is 17.9 Å². The maximum atomic E-state index is 11.2. The minimum Gasteiger partial charge on any atom is -0.487 e. The molecule has 0 spiro atoms. The predicted molar refractivity (Wildman–Crippen MR) is 79.6 cm³/mol. The molecule has 5 nitrogen and oxygen atoms in total. The number of aryl methyl sites for hydroxylation is 1. The van der Waals surface area contributed by atoms with E-state index in [2.05, 4.69) is 25.9 Å². The Morgan fingerprint density at radius 1 is 1.33 bits per heavy atom. The number of hydrogen-bond donors (Lipinski definition) is 1. The standard InChI is InChI=1S/C16H20N2O3/c1-16(2,3)12-7-5-6-8-14(12)21-10-13-11(15(19)20)9-17-18(13)4/h5-9H,10H2,1-4H3,(H,19,20). The lowest BCUT2D eigenvalue weighted by atomic mass is 9.86. The molecule has 5 heteroatoms. The van der Waals surface area contributed by atoms with Gasteiger partial charge < -0.3 is 9.84 Å². The first kappa shape index (κ1) is 15.1. The Morgan fingerprint density at radius 3 is 2.62 bits per heavy atom. The van der Waals surface area contributed by atoms with Crippen LogP contribution in [0.3, 0.4) is 0 Å². The van der Waals surface area contributed by atoms with E-state index in [1.54, 1.807) is 7.05 Å². The van der Waals surface area contributed by atoms with Crippen molar-refractivity contribution in [3.8, 4) is 5.75 Å². The van der Waals surface area contributed by atoms with Gasteiger partial charge in [0.25, 0.3) is 0 Å². The van der Waals surface area contributed by atoms with E-state index < -0.39 is 5.97 Å². The van der Waals surface area contributed by atoms with E-state index >= 15 is 0 Å². The van der Waals surface area contributed by atoms with Gasteiger partial charge in [0.05, 0.1) is 11.9 Å². The number of aromatic carboxylic acids is 1. The monoisotopic (exact) mass is 288 g/mol. The molecule has 0 bridgehead atoms. The second-order valence-corrected chi connectivity index (χ2v) is 5.97. The number of ether oxygens (including phenoxy) is 1. The molecule has 0 fully saturated rings. The third kappa shape index (κ3) is 3.24. The highest BCUT2D eigenvalue weighted by Crippen LogP contribution is 2.31. The normalized spacial score (nSPS) is 11.4. The lowest BCUT2D eigenvalue weighted by molar-refractivity contribution is 0.0693. The summed E-state index contributed by atoms with van der Waals surface area (Å²) in [4.78, 5) is 11.2. The number of rotatable bonds is 4. The van der Waals surface area contributed by atoms with Crippen molar-refractivity contribution in [2.45, 2.75) is 32.8 Å². The summed E-state index contributed by atoms with van der Waals surface area (Å²) in [6.45, 7) is 6.51. The largest absolute Gasteiger partial charge is 0.487 e. The minimum absolute atomic E-state index is 0.0430. The Hall–Kier alpha value is -2.30.